The maximum absolute atomic E-state index is 5.75. The van der Waals surface area contributed by atoms with Gasteiger partial charge in [0.1, 0.15) is 0 Å². The predicted molar refractivity (Wildman–Crippen MR) is 56.7 cm³/mol. The molecule has 0 saturated carbocycles. The molecule has 0 aromatic carbocycles. The van der Waals surface area contributed by atoms with E-state index in [9.17, 15) is 0 Å². The lowest BCUT2D eigenvalue weighted by atomic mass is 10.1. The van der Waals surface area contributed by atoms with Crippen LogP contribution >= 0.6 is 11.8 Å². The van der Waals surface area contributed by atoms with Gasteiger partial charge in [-0.15, -0.1) is 0 Å². The Morgan fingerprint density at radius 3 is 2.58 bits per heavy atom. The third-order valence-electron chi connectivity index (χ3n) is 1.26. The van der Waals surface area contributed by atoms with Crippen molar-refractivity contribution in [2.75, 3.05) is 24.7 Å². The minimum atomic E-state index is -0.183. The van der Waals surface area contributed by atoms with Gasteiger partial charge in [0.2, 0.25) is 0 Å². The molecule has 0 aliphatic rings. The Balaban J connectivity index is 3.01. The maximum atomic E-state index is 5.75. The highest BCUT2D eigenvalue weighted by Gasteiger charge is 2.09. The Labute approximate surface area is 80.2 Å². The molecule has 0 unspecified atom stereocenters. The summed E-state index contributed by atoms with van der Waals surface area (Å²) >= 11 is 1.95. The van der Waals surface area contributed by atoms with Crippen LogP contribution in [-0.2, 0) is 4.74 Å². The topological polar surface area (TPSA) is 35.2 Å². The highest BCUT2D eigenvalue weighted by atomic mass is 32.2. The van der Waals surface area contributed by atoms with Gasteiger partial charge in [-0.3, -0.25) is 0 Å². The Hall–Kier alpha value is 0.270. The van der Waals surface area contributed by atoms with Crippen molar-refractivity contribution >= 4 is 11.8 Å². The molecule has 0 aliphatic heterocycles. The van der Waals surface area contributed by atoms with Crippen LogP contribution in [0.5, 0.6) is 0 Å². The smallest absolute Gasteiger partial charge is 0.0640 e. The Bertz CT molecular complexity index is 101. The first-order valence-electron chi connectivity index (χ1n) is 4.50. The molecule has 0 heterocycles. The fraction of sp³-hybridized carbons (Fsp3) is 1.00. The molecular formula is C9H21NOS. The van der Waals surface area contributed by atoms with Crippen molar-refractivity contribution in [1.29, 1.82) is 0 Å². The first-order chi connectivity index (χ1) is 5.56. The van der Waals surface area contributed by atoms with Gasteiger partial charge in [0.05, 0.1) is 6.61 Å². The standard InChI is InChI=1S/C9H21NOS/c1-4-12-7-5-6-11-8-9(2,3)10/h4-8,10H2,1-3H3. The Morgan fingerprint density at radius 2 is 2.08 bits per heavy atom. The minimum absolute atomic E-state index is 0.183. The largest absolute Gasteiger partial charge is 0.380 e. The van der Waals surface area contributed by atoms with E-state index in [1.807, 2.05) is 25.6 Å². The van der Waals surface area contributed by atoms with Gasteiger partial charge in [0, 0.05) is 12.1 Å². The molecule has 0 saturated heterocycles. The Morgan fingerprint density at radius 1 is 1.42 bits per heavy atom. The highest BCUT2D eigenvalue weighted by molar-refractivity contribution is 7.99. The Kier molecular flexibility index (Phi) is 6.90. The van der Waals surface area contributed by atoms with Gasteiger partial charge in [-0.25, -0.2) is 0 Å². The fourth-order valence-corrected chi connectivity index (χ4v) is 1.35. The lowest BCUT2D eigenvalue weighted by molar-refractivity contribution is 0.0983. The van der Waals surface area contributed by atoms with E-state index < -0.39 is 0 Å². The van der Waals surface area contributed by atoms with E-state index in [0.717, 1.165) is 13.0 Å². The molecule has 0 radical (unpaired) electrons. The molecule has 3 heteroatoms. The summed E-state index contributed by atoms with van der Waals surface area (Å²) in [6, 6.07) is 0. The van der Waals surface area contributed by atoms with Crippen LogP contribution in [0.3, 0.4) is 0 Å². The molecule has 12 heavy (non-hydrogen) atoms. The summed E-state index contributed by atoms with van der Waals surface area (Å²) in [5, 5.41) is 0. The van der Waals surface area contributed by atoms with Crippen molar-refractivity contribution in [3.8, 4) is 0 Å². The van der Waals surface area contributed by atoms with Crippen LogP contribution in [0.1, 0.15) is 27.2 Å². The molecule has 74 valence electrons. The minimum Gasteiger partial charge on any atom is -0.380 e. The van der Waals surface area contributed by atoms with Gasteiger partial charge in [0.25, 0.3) is 0 Å². The molecule has 2 nitrogen and oxygen atoms in total. The van der Waals surface area contributed by atoms with E-state index in [1.165, 1.54) is 11.5 Å². The number of rotatable bonds is 7. The molecule has 0 aliphatic carbocycles. The van der Waals surface area contributed by atoms with Crippen molar-refractivity contribution in [1.82, 2.24) is 0 Å². The monoisotopic (exact) mass is 191 g/mol. The molecular weight excluding hydrogens is 170 g/mol. The van der Waals surface area contributed by atoms with Gasteiger partial charge in [-0.2, -0.15) is 11.8 Å². The zero-order chi connectivity index (χ0) is 9.45. The third-order valence-corrected chi connectivity index (χ3v) is 2.24. The summed E-state index contributed by atoms with van der Waals surface area (Å²) in [5.74, 6) is 2.39. The summed E-state index contributed by atoms with van der Waals surface area (Å²) < 4.78 is 5.41. The summed E-state index contributed by atoms with van der Waals surface area (Å²) in [6.07, 6.45) is 1.13. The van der Waals surface area contributed by atoms with E-state index >= 15 is 0 Å². The van der Waals surface area contributed by atoms with E-state index in [2.05, 4.69) is 6.92 Å². The van der Waals surface area contributed by atoms with E-state index in [0.29, 0.717) is 6.61 Å². The molecule has 0 aromatic rings. The highest BCUT2D eigenvalue weighted by Crippen LogP contribution is 2.02. The zero-order valence-electron chi connectivity index (χ0n) is 8.43. The summed E-state index contributed by atoms with van der Waals surface area (Å²) in [6.45, 7) is 7.63. The number of nitrogens with two attached hydrogens (primary N) is 1. The first kappa shape index (κ1) is 12.3. The van der Waals surface area contributed by atoms with Crippen LogP contribution < -0.4 is 5.73 Å². The second kappa shape index (κ2) is 6.75. The van der Waals surface area contributed by atoms with Crippen LogP contribution in [0.4, 0.5) is 0 Å². The van der Waals surface area contributed by atoms with E-state index in [4.69, 9.17) is 10.5 Å². The van der Waals surface area contributed by atoms with Crippen molar-refractivity contribution in [3.05, 3.63) is 0 Å². The molecule has 0 spiro atoms. The fourth-order valence-electron chi connectivity index (χ4n) is 0.743. The quantitative estimate of drug-likeness (QED) is 0.624. The van der Waals surface area contributed by atoms with Crippen LogP contribution in [0, 0.1) is 0 Å². The molecule has 2 N–H and O–H groups in total. The van der Waals surface area contributed by atoms with Crippen molar-refractivity contribution in [3.63, 3.8) is 0 Å². The van der Waals surface area contributed by atoms with Crippen LogP contribution in [0.15, 0.2) is 0 Å². The second-order valence-electron chi connectivity index (χ2n) is 3.59. The summed E-state index contributed by atoms with van der Waals surface area (Å²) in [5.41, 5.74) is 5.56. The zero-order valence-corrected chi connectivity index (χ0v) is 9.25. The molecule has 0 rings (SSSR count). The molecule has 0 aromatic heterocycles. The molecule has 0 atom stereocenters. The predicted octanol–water partition coefficient (Wildman–Crippen LogP) is 1.88. The van der Waals surface area contributed by atoms with Crippen molar-refractivity contribution in [2.45, 2.75) is 32.7 Å². The lowest BCUT2D eigenvalue weighted by Gasteiger charge is -2.17. The van der Waals surface area contributed by atoms with Crippen LogP contribution in [0.2, 0.25) is 0 Å². The second-order valence-corrected chi connectivity index (χ2v) is 4.99. The van der Waals surface area contributed by atoms with E-state index in [-0.39, 0.29) is 5.54 Å². The third kappa shape index (κ3) is 10.3. The van der Waals surface area contributed by atoms with Crippen LogP contribution in [0.25, 0.3) is 0 Å². The molecule has 0 fully saturated rings. The average molecular weight is 191 g/mol. The molecule has 0 bridgehead atoms. The molecule has 0 amide bonds. The summed E-state index contributed by atoms with van der Waals surface area (Å²) in [4.78, 5) is 0. The number of hydrogen-bond donors (Lipinski definition) is 1. The van der Waals surface area contributed by atoms with Gasteiger partial charge in [-0.1, -0.05) is 6.92 Å². The van der Waals surface area contributed by atoms with Gasteiger partial charge in [0.15, 0.2) is 0 Å². The van der Waals surface area contributed by atoms with Gasteiger partial charge >= 0.3 is 0 Å². The number of hydrogen-bond acceptors (Lipinski definition) is 3. The lowest BCUT2D eigenvalue weighted by Crippen LogP contribution is -2.37. The van der Waals surface area contributed by atoms with E-state index in [1.54, 1.807) is 0 Å². The van der Waals surface area contributed by atoms with Crippen molar-refractivity contribution < 1.29 is 4.74 Å². The SMILES string of the molecule is CCSCCCOCC(C)(C)N. The number of thioether (sulfide) groups is 1. The first-order valence-corrected chi connectivity index (χ1v) is 5.66. The van der Waals surface area contributed by atoms with Crippen LogP contribution in [-0.4, -0.2) is 30.3 Å². The maximum Gasteiger partial charge on any atom is 0.0640 e. The normalized spacial score (nSPS) is 12.0. The average Bonchev–Trinajstić information content (AvgIpc) is 1.94. The van der Waals surface area contributed by atoms with Gasteiger partial charge < -0.3 is 10.5 Å². The summed E-state index contributed by atoms with van der Waals surface area (Å²) in [7, 11) is 0. The van der Waals surface area contributed by atoms with Crippen molar-refractivity contribution in [2.24, 2.45) is 5.73 Å². The number of ether oxygens (including phenoxy) is 1. The van der Waals surface area contributed by atoms with Gasteiger partial charge in [-0.05, 0) is 31.8 Å².